The van der Waals surface area contributed by atoms with Crippen LogP contribution in [0.5, 0.6) is 5.75 Å². The number of hydrogen-bond donors (Lipinski definition) is 2. The van der Waals surface area contributed by atoms with Crippen LogP contribution in [0.25, 0.3) is 6.08 Å². The highest BCUT2D eigenvalue weighted by atomic mass is 127. The number of methoxy groups -OCH3 is 1. The number of nitrogens with one attached hydrogen (secondary N) is 2. The van der Waals surface area contributed by atoms with Gasteiger partial charge in [-0.2, -0.15) is 0 Å². The van der Waals surface area contributed by atoms with Crippen LogP contribution < -0.4 is 15.7 Å². The van der Waals surface area contributed by atoms with Crippen molar-refractivity contribution in [2.24, 2.45) is 0 Å². The number of aromatic nitrogens is 2. The Morgan fingerprint density at radius 1 is 1.38 bits per heavy atom. The molecule has 0 spiro atoms. The van der Waals surface area contributed by atoms with E-state index >= 15 is 0 Å². The van der Waals surface area contributed by atoms with Crippen molar-refractivity contribution < 1.29 is 9.53 Å². The molecule has 0 aliphatic rings. The molecule has 0 saturated carbocycles. The number of anilines is 1. The molecule has 0 fully saturated rings. The normalized spacial score (nSPS) is 10.6. The molecule has 7 heteroatoms. The summed E-state index contributed by atoms with van der Waals surface area (Å²) in [4.78, 5) is 29.6. The third kappa shape index (κ3) is 3.91. The zero-order chi connectivity index (χ0) is 15.2. The number of benzene rings is 1. The first-order valence-corrected chi connectivity index (χ1v) is 7.20. The van der Waals surface area contributed by atoms with Crippen LogP contribution >= 0.6 is 22.6 Å². The maximum atomic E-state index is 12.2. The van der Waals surface area contributed by atoms with Crippen LogP contribution in [0, 0.1) is 0 Å². The fourth-order valence-electron chi connectivity index (χ4n) is 1.63. The number of ether oxygens (including phenoxy) is 1. The number of rotatable bonds is 4. The van der Waals surface area contributed by atoms with Gasteiger partial charge in [-0.25, -0.2) is 9.78 Å². The summed E-state index contributed by atoms with van der Waals surface area (Å²) in [6, 6.07) is 6.66. The molecule has 0 saturated heterocycles. The second-order valence-corrected chi connectivity index (χ2v) is 4.71. The van der Waals surface area contributed by atoms with E-state index in [-0.39, 0.29) is 5.91 Å². The molecule has 2 rings (SSSR count). The molecule has 0 aliphatic carbocycles. The van der Waals surface area contributed by atoms with Gasteiger partial charge in [0.15, 0.2) is 0 Å². The average molecular weight is 397 g/mol. The number of hydrogen-bond acceptors (Lipinski definition) is 4. The van der Waals surface area contributed by atoms with Crippen molar-refractivity contribution in [2.45, 2.75) is 0 Å². The van der Waals surface area contributed by atoms with Crippen molar-refractivity contribution in [3.63, 3.8) is 0 Å². The lowest BCUT2D eigenvalue weighted by molar-refractivity contribution is 0.102. The quantitative estimate of drug-likeness (QED) is 0.777. The standard InChI is InChI=1S/C14H12IN3O3/c1-21-11-4-2-9(3-5-11)13(19)17-12-10(6-7-15)8-16-14(20)18-12/h2-8H,1H3,(H2,16,17,18,19,20). The molecule has 0 atom stereocenters. The van der Waals surface area contributed by atoms with Gasteiger partial charge < -0.3 is 10.1 Å². The summed E-state index contributed by atoms with van der Waals surface area (Å²) >= 11 is 2.04. The maximum Gasteiger partial charge on any atom is 0.346 e. The van der Waals surface area contributed by atoms with E-state index in [4.69, 9.17) is 4.74 Å². The molecule has 0 bridgehead atoms. The number of halogens is 1. The average Bonchev–Trinajstić information content (AvgIpc) is 2.50. The van der Waals surface area contributed by atoms with E-state index in [9.17, 15) is 9.59 Å². The van der Waals surface area contributed by atoms with Gasteiger partial charge in [0.1, 0.15) is 11.6 Å². The molecule has 108 valence electrons. The highest BCUT2D eigenvalue weighted by Gasteiger charge is 2.09. The lowest BCUT2D eigenvalue weighted by Gasteiger charge is -2.08. The van der Waals surface area contributed by atoms with Gasteiger partial charge in [0.2, 0.25) is 0 Å². The minimum Gasteiger partial charge on any atom is -0.497 e. The Labute approximate surface area is 134 Å². The van der Waals surface area contributed by atoms with Crippen molar-refractivity contribution in [1.29, 1.82) is 0 Å². The van der Waals surface area contributed by atoms with Crippen LogP contribution in [0.4, 0.5) is 5.82 Å². The van der Waals surface area contributed by atoms with Gasteiger partial charge in [-0.3, -0.25) is 9.78 Å². The molecule has 1 aromatic heterocycles. The van der Waals surface area contributed by atoms with E-state index < -0.39 is 5.69 Å². The molecule has 0 radical (unpaired) electrons. The topological polar surface area (TPSA) is 84.1 Å². The summed E-state index contributed by atoms with van der Waals surface area (Å²) in [6.45, 7) is 0. The number of H-pyrrole nitrogens is 1. The van der Waals surface area contributed by atoms with Crippen LogP contribution in [0.3, 0.4) is 0 Å². The first-order chi connectivity index (χ1) is 10.1. The van der Waals surface area contributed by atoms with Crippen LogP contribution in [-0.4, -0.2) is 23.0 Å². The molecule has 1 amide bonds. The van der Waals surface area contributed by atoms with Crippen molar-refractivity contribution in [3.05, 3.63) is 56.2 Å². The van der Waals surface area contributed by atoms with E-state index in [0.29, 0.717) is 22.7 Å². The smallest absolute Gasteiger partial charge is 0.346 e. The highest BCUT2D eigenvalue weighted by molar-refractivity contribution is 14.1. The third-order valence-corrected chi connectivity index (χ3v) is 3.03. The molecule has 1 heterocycles. The zero-order valence-electron chi connectivity index (χ0n) is 11.1. The predicted molar refractivity (Wildman–Crippen MR) is 88.9 cm³/mol. The summed E-state index contributed by atoms with van der Waals surface area (Å²) in [5.74, 6) is 0.642. The van der Waals surface area contributed by atoms with Crippen LogP contribution in [0.1, 0.15) is 15.9 Å². The predicted octanol–water partition coefficient (Wildman–Crippen LogP) is 2.44. The molecule has 21 heavy (non-hydrogen) atoms. The third-order valence-electron chi connectivity index (χ3n) is 2.67. The van der Waals surface area contributed by atoms with Gasteiger partial charge in [-0.15, -0.1) is 0 Å². The van der Waals surface area contributed by atoms with Crippen molar-refractivity contribution in [3.8, 4) is 5.75 Å². The monoisotopic (exact) mass is 397 g/mol. The van der Waals surface area contributed by atoms with Crippen molar-refractivity contribution >= 4 is 40.4 Å². The van der Waals surface area contributed by atoms with Gasteiger partial charge >= 0.3 is 5.69 Å². The summed E-state index contributed by atoms with van der Waals surface area (Å²) < 4.78 is 6.80. The number of carbonyl (C=O) groups is 1. The Morgan fingerprint density at radius 2 is 2.10 bits per heavy atom. The first kappa shape index (κ1) is 15.2. The minimum atomic E-state index is -0.523. The van der Waals surface area contributed by atoms with E-state index in [1.165, 1.54) is 6.20 Å². The molecule has 1 aromatic carbocycles. The second-order valence-electron chi connectivity index (χ2n) is 3.99. The molecule has 0 aliphatic heterocycles. The second kappa shape index (κ2) is 7.02. The zero-order valence-corrected chi connectivity index (χ0v) is 13.2. The van der Waals surface area contributed by atoms with Crippen molar-refractivity contribution in [2.75, 3.05) is 12.4 Å². The molecule has 2 N–H and O–H groups in total. The Bertz CT molecular complexity index is 723. The Morgan fingerprint density at radius 3 is 2.71 bits per heavy atom. The number of carbonyl (C=O) groups excluding carboxylic acids is 1. The first-order valence-electron chi connectivity index (χ1n) is 5.95. The van der Waals surface area contributed by atoms with Crippen LogP contribution in [0.15, 0.2) is 39.3 Å². The highest BCUT2D eigenvalue weighted by Crippen LogP contribution is 2.15. The minimum absolute atomic E-state index is 0.309. The molecular weight excluding hydrogens is 385 g/mol. The van der Waals surface area contributed by atoms with Crippen LogP contribution in [-0.2, 0) is 0 Å². The van der Waals surface area contributed by atoms with Gasteiger partial charge in [-0.05, 0) is 34.4 Å². The summed E-state index contributed by atoms with van der Waals surface area (Å²) in [5.41, 5.74) is 0.550. The molecule has 2 aromatic rings. The van der Waals surface area contributed by atoms with Crippen molar-refractivity contribution in [1.82, 2.24) is 9.97 Å². The lowest BCUT2D eigenvalue weighted by Crippen LogP contribution is -2.19. The Hall–Kier alpha value is -2.16. The maximum absolute atomic E-state index is 12.2. The Kier molecular flexibility index (Phi) is 5.09. The summed E-state index contributed by atoms with van der Waals surface area (Å²) in [5, 5.41) is 2.66. The summed E-state index contributed by atoms with van der Waals surface area (Å²) in [7, 11) is 1.55. The number of nitrogens with zero attached hydrogens (tertiary/aromatic N) is 1. The molecule has 0 unspecified atom stereocenters. The summed E-state index contributed by atoms with van der Waals surface area (Å²) in [6.07, 6.45) is 3.13. The van der Waals surface area contributed by atoms with Gasteiger partial charge in [0.05, 0.1) is 7.11 Å². The fraction of sp³-hybridized carbons (Fsp3) is 0.0714. The largest absolute Gasteiger partial charge is 0.497 e. The van der Waals surface area contributed by atoms with E-state index in [1.54, 1.807) is 41.5 Å². The van der Waals surface area contributed by atoms with Gasteiger partial charge in [0, 0.05) is 17.3 Å². The molecular formula is C14H12IN3O3. The van der Waals surface area contributed by atoms with Crippen LogP contribution in [0.2, 0.25) is 0 Å². The van der Waals surface area contributed by atoms with E-state index in [0.717, 1.165) is 0 Å². The van der Waals surface area contributed by atoms with E-state index in [1.807, 2.05) is 22.6 Å². The fourth-order valence-corrected chi connectivity index (χ4v) is 2.02. The number of aromatic amines is 1. The van der Waals surface area contributed by atoms with Gasteiger partial charge in [0.25, 0.3) is 5.91 Å². The lowest BCUT2D eigenvalue weighted by atomic mass is 10.2. The SMILES string of the molecule is COc1ccc(C(=O)Nc2[nH]c(=O)ncc2C=CI)cc1. The number of amides is 1. The Balaban J connectivity index is 2.26. The molecule has 6 nitrogen and oxygen atoms in total. The van der Waals surface area contributed by atoms with E-state index in [2.05, 4.69) is 15.3 Å². The van der Waals surface area contributed by atoms with Gasteiger partial charge in [-0.1, -0.05) is 22.6 Å².